The molecule has 5 nitrogen and oxygen atoms in total. The highest BCUT2D eigenvalue weighted by Crippen LogP contribution is 2.20. The third-order valence-electron chi connectivity index (χ3n) is 5.61. The van der Waals surface area contributed by atoms with E-state index in [4.69, 9.17) is 4.74 Å². The van der Waals surface area contributed by atoms with Crippen LogP contribution in [0.4, 0.5) is 0 Å². The summed E-state index contributed by atoms with van der Waals surface area (Å²) in [6.07, 6.45) is 5.97. The number of ether oxygens (including phenoxy) is 1. The molecule has 2 aromatic rings. The Morgan fingerprint density at radius 1 is 0.938 bits per heavy atom. The molecule has 0 spiro atoms. The smallest absolute Gasteiger partial charge is 0.242 e. The minimum absolute atomic E-state index is 0.0305. The van der Waals surface area contributed by atoms with Crippen molar-refractivity contribution >= 4 is 23.2 Å². The molecule has 2 rings (SSSR count). The lowest BCUT2D eigenvalue weighted by Gasteiger charge is -2.28. The topological polar surface area (TPSA) is 49.9 Å². The molecule has 0 aliphatic heterocycles. The lowest BCUT2D eigenvalue weighted by molar-refractivity contribution is -0.141. The van der Waals surface area contributed by atoms with Gasteiger partial charge >= 0.3 is 0 Å². The van der Waals surface area contributed by atoms with E-state index in [1.807, 2.05) is 35.2 Å². The van der Waals surface area contributed by atoms with Crippen LogP contribution < -0.4 is 0 Å². The summed E-state index contributed by atoms with van der Waals surface area (Å²) in [5.41, 5.74) is 2.28. The Kier molecular flexibility index (Phi) is 12.1. The van der Waals surface area contributed by atoms with E-state index in [9.17, 15) is 9.59 Å². The summed E-state index contributed by atoms with van der Waals surface area (Å²) < 4.78 is 5.20. The van der Waals surface area contributed by atoms with Crippen molar-refractivity contribution in [3.63, 3.8) is 0 Å². The molecule has 0 bridgehead atoms. The molecule has 176 valence electrons. The summed E-state index contributed by atoms with van der Waals surface area (Å²) >= 11 is 1.67. The highest BCUT2D eigenvalue weighted by Gasteiger charge is 2.22. The lowest BCUT2D eigenvalue weighted by Crippen LogP contribution is -2.43. The Morgan fingerprint density at radius 3 is 2.34 bits per heavy atom. The van der Waals surface area contributed by atoms with Gasteiger partial charge in [-0.25, -0.2) is 0 Å². The summed E-state index contributed by atoms with van der Waals surface area (Å²) in [6, 6.07) is 12.1. The van der Waals surface area contributed by atoms with Gasteiger partial charge in [0, 0.05) is 31.5 Å². The molecule has 0 aliphatic carbocycles. The van der Waals surface area contributed by atoms with Crippen molar-refractivity contribution in [2.45, 2.75) is 65.5 Å². The van der Waals surface area contributed by atoms with Crippen LogP contribution in [0.1, 0.15) is 61.5 Å². The van der Waals surface area contributed by atoms with Crippen LogP contribution in [0.3, 0.4) is 0 Å². The van der Waals surface area contributed by atoms with Gasteiger partial charge in [-0.3, -0.25) is 9.59 Å². The molecule has 1 heterocycles. The number of aryl methyl sites for hydroxylation is 1. The molecule has 0 saturated carbocycles. The molecule has 1 aromatic carbocycles. The second-order valence-corrected chi connectivity index (χ2v) is 9.24. The largest absolute Gasteiger partial charge is 0.383 e. The summed E-state index contributed by atoms with van der Waals surface area (Å²) in [7, 11) is 1.62. The van der Waals surface area contributed by atoms with E-state index in [1.165, 1.54) is 23.3 Å². The molecule has 6 heteroatoms. The minimum Gasteiger partial charge on any atom is -0.383 e. The lowest BCUT2D eigenvalue weighted by atomic mass is 10.1. The summed E-state index contributed by atoms with van der Waals surface area (Å²) in [4.78, 5) is 31.0. The number of hydrogen-bond acceptors (Lipinski definition) is 4. The Morgan fingerprint density at radius 2 is 1.69 bits per heavy atom. The van der Waals surface area contributed by atoms with Crippen molar-refractivity contribution in [2.24, 2.45) is 0 Å². The second kappa shape index (κ2) is 14.8. The second-order valence-electron chi connectivity index (χ2n) is 8.23. The van der Waals surface area contributed by atoms with Crippen LogP contribution in [0, 0.1) is 6.92 Å². The minimum atomic E-state index is -0.0305. The van der Waals surface area contributed by atoms with Crippen LogP contribution in [0.15, 0.2) is 41.8 Å². The van der Waals surface area contributed by atoms with Crippen molar-refractivity contribution in [3.05, 3.63) is 57.8 Å². The predicted molar refractivity (Wildman–Crippen MR) is 132 cm³/mol. The number of methoxy groups -OCH3 is 1. The summed E-state index contributed by atoms with van der Waals surface area (Å²) in [6.45, 7) is 6.30. The van der Waals surface area contributed by atoms with E-state index < -0.39 is 0 Å². The van der Waals surface area contributed by atoms with Gasteiger partial charge in [0.15, 0.2) is 0 Å². The highest BCUT2D eigenvalue weighted by atomic mass is 32.1. The fourth-order valence-electron chi connectivity index (χ4n) is 3.57. The molecule has 1 aromatic heterocycles. The Balaban J connectivity index is 2.06. The van der Waals surface area contributed by atoms with E-state index in [1.54, 1.807) is 23.3 Å². The zero-order valence-electron chi connectivity index (χ0n) is 19.8. The van der Waals surface area contributed by atoms with Gasteiger partial charge in [0.2, 0.25) is 11.8 Å². The van der Waals surface area contributed by atoms with Crippen LogP contribution in [-0.4, -0.2) is 48.4 Å². The number of rotatable bonds is 15. The van der Waals surface area contributed by atoms with E-state index in [0.29, 0.717) is 32.7 Å². The van der Waals surface area contributed by atoms with Crippen molar-refractivity contribution in [3.8, 4) is 0 Å². The maximum atomic E-state index is 13.4. The third-order valence-corrected chi connectivity index (χ3v) is 6.62. The molecule has 0 fully saturated rings. The van der Waals surface area contributed by atoms with Gasteiger partial charge < -0.3 is 14.5 Å². The van der Waals surface area contributed by atoms with Crippen LogP contribution >= 0.6 is 11.3 Å². The molecule has 0 atom stereocenters. The van der Waals surface area contributed by atoms with Gasteiger partial charge in [-0.2, -0.15) is 0 Å². The maximum Gasteiger partial charge on any atom is 0.242 e. The van der Waals surface area contributed by atoms with Gasteiger partial charge in [-0.15, -0.1) is 11.3 Å². The first kappa shape index (κ1) is 26.1. The van der Waals surface area contributed by atoms with Crippen molar-refractivity contribution in [2.75, 3.05) is 26.8 Å². The number of carbonyl (C=O) groups excluding carboxylic acids is 2. The van der Waals surface area contributed by atoms with E-state index in [-0.39, 0.29) is 18.4 Å². The Bertz CT molecular complexity index is 806. The number of amides is 2. The highest BCUT2D eigenvalue weighted by molar-refractivity contribution is 7.10. The molecule has 0 N–H and O–H groups in total. The Hall–Kier alpha value is -2.18. The quantitative estimate of drug-likeness (QED) is 0.335. The van der Waals surface area contributed by atoms with Crippen LogP contribution in [-0.2, 0) is 27.4 Å². The van der Waals surface area contributed by atoms with Gasteiger partial charge in [0.05, 0.1) is 19.7 Å². The molecule has 2 amide bonds. The molecular weight excluding hydrogens is 420 g/mol. The number of nitrogens with zero attached hydrogens (tertiary/aromatic N) is 2. The average molecular weight is 459 g/mol. The number of thiophene rings is 1. The number of carbonyl (C=O) groups is 2. The number of unbranched alkanes of at least 4 members (excludes halogenated alkanes) is 4. The fraction of sp³-hybridized carbons (Fsp3) is 0.538. The summed E-state index contributed by atoms with van der Waals surface area (Å²) in [5.74, 6) is 0.0101. The van der Waals surface area contributed by atoms with Gasteiger partial charge in [-0.05, 0) is 35.9 Å². The first-order valence-electron chi connectivity index (χ1n) is 11.7. The first-order chi connectivity index (χ1) is 15.5. The van der Waals surface area contributed by atoms with Gasteiger partial charge in [0.1, 0.15) is 0 Å². The van der Waals surface area contributed by atoms with E-state index in [2.05, 4.69) is 25.3 Å². The summed E-state index contributed by atoms with van der Waals surface area (Å²) in [5, 5.41) is 2.06. The van der Waals surface area contributed by atoms with Crippen molar-refractivity contribution in [1.29, 1.82) is 0 Å². The maximum absolute atomic E-state index is 13.4. The molecule has 0 unspecified atom stereocenters. The van der Waals surface area contributed by atoms with Gasteiger partial charge in [-0.1, -0.05) is 62.9 Å². The van der Waals surface area contributed by atoms with Gasteiger partial charge in [0.25, 0.3) is 0 Å². The average Bonchev–Trinajstić information content (AvgIpc) is 3.20. The van der Waals surface area contributed by atoms with Crippen LogP contribution in [0.5, 0.6) is 0 Å². The fourth-order valence-corrected chi connectivity index (χ4v) is 4.49. The van der Waals surface area contributed by atoms with Crippen LogP contribution in [0.25, 0.3) is 0 Å². The Labute approximate surface area is 197 Å². The molecule has 0 radical (unpaired) electrons. The zero-order valence-corrected chi connectivity index (χ0v) is 20.7. The third kappa shape index (κ3) is 9.13. The monoisotopic (exact) mass is 458 g/mol. The number of benzene rings is 1. The first-order valence-corrected chi connectivity index (χ1v) is 12.5. The SMILES string of the molecule is CCCCCCCC(=O)N(CCOC)CC(=O)N(Cc1ccccc1)Cc1sccc1C. The molecular formula is C26H38N2O3S. The van der Waals surface area contributed by atoms with Crippen molar-refractivity contribution in [1.82, 2.24) is 9.80 Å². The van der Waals surface area contributed by atoms with E-state index in [0.717, 1.165) is 24.8 Å². The van der Waals surface area contributed by atoms with Crippen molar-refractivity contribution < 1.29 is 14.3 Å². The normalized spacial score (nSPS) is 10.8. The molecule has 0 aliphatic rings. The van der Waals surface area contributed by atoms with E-state index >= 15 is 0 Å². The predicted octanol–water partition coefficient (Wildman–Crippen LogP) is 5.42. The molecule has 0 saturated heterocycles. The number of hydrogen-bond donors (Lipinski definition) is 0. The standard InChI is InChI=1S/C26H38N2O3S/c1-4-5-6-7-11-14-25(29)27(16-17-31-3)21-26(30)28(19-23-12-9-8-10-13-23)20-24-22(2)15-18-32-24/h8-10,12-13,15,18H,4-7,11,14,16-17,19-21H2,1-3H3. The van der Waals surface area contributed by atoms with Crippen LogP contribution in [0.2, 0.25) is 0 Å². The molecule has 32 heavy (non-hydrogen) atoms. The zero-order chi connectivity index (χ0) is 23.2.